The van der Waals surface area contributed by atoms with Crippen molar-refractivity contribution in [2.75, 3.05) is 0 Å². The summed E-state index contributed by atoms with van der Waals surface area (Å²) in [4.78, 5) is 2.92. The Kier molecular flexibility index (Phi) is 3.57. The topological polar surface area (TPSA) is 0 Å². The second-order valence-electron chi connectivity index (χ2n) is 3.64. The number of thiophene rings is 1. The minimum absolute atomic E-state index is 1.06. The van der Waals surface area contributed by atoms with Gasteiger partial charge >= 0.3 is 0 Å². The fourth-order valence-electron chi connectivity index (χ4n) is 1.63. The number of hydrogen-bond donors (Lipinski definition) is 0. The van der Waals surface area contributed by atoms with Crippen molar-refractivity contribution >= 4 is 11.3 Å². The summed E-state index contributed by atoms with van der Waals surface area (Å²) in [6, 6.07) is 15.1. The fourth-order valence-corrected chi connectivity index (χ4v) is 2.72. The van der Waals surface area contributed by atoms with Crippen LogP contribution in [0.5, 0.6) is 0 Å². The molecule has 0 N–H and O–H groups in total. The molecule has 0 unspecified atom stereocenters. The number of rotatable bonds is 4. The highest BCUT2D eigenvalue weighted by Gasteiger charge is 2.00. The molecular weight excluding hydrogens is 200 g/mol. The van der Waals surface area contributed by atoms with Crippen LogP contribution in [0.2, 0.25) is 0 Å². The van der Waals surface area contributed by atoms with E-state index in [0.29, 0.717) is 0 Å². The molecule has 2 rings (SSSR count). The average Bonchev–Trinajstić information content (AvgIpc) is 2.68. The molecule has 0 aliphatic carbocycles. The molecule has 0 amide bonds. The normalized spacial score (nSPS) is 10.5. The summed E-state index contributed by atoms with van der Waals surface area (Å²) >= 11 is 1.92. The molecule has 0 fully saturated rings. The standard InChI is InChI=1S/C14H15S/c1-2-6-13-9-10-14(15-13)11-12-7-4-3-5-8-12/h2-5,7-10H,6,11H2,1H3. The predicted octanol–water partition coefficient (Wildman–Crippen LogP) is 4.11. The third-order valence-electron chi connectivity index (χ3n) is 2.34. The third kappa shape index (κ3) is 2.93. The minimum Gasteiger partial charge on any atom is -0.145 e. The number of benzene rings is 1. The average molecular weight is 215 g/mol. The zero-order chi connectivity index (χ0) is 10.5. The van der Waals surface area contributed by atoms with Gasteiger partial charge in [-0.1, -0.05) is 37.3 Å². The Labute approximate surface area is 95.6 Å². The Bertz CT molecular complexity index is 400. The first-order chi connectivity index (χ1) is 7.38. The van der Waals surface area contributed by atoms with Gasteiger partial charge in [-0.2, -0.15) is 0 Å². The SMILES string of the molecule is C[CH]Cc1ccc(Cc2ccccc2)s1. The van der Waals surface area contributed by atoms with E-state index < -0.39 is 0 Å². The molecular formula is C14H15S. The van der Waals surface area contributed by atoms with Gasteiger partial charge in [0.1, 0.15) is 0 Å². The van der Waals surface area contributed by atoms with Crippen molar-refractivity contribution in [1.29, 1.82) is 0 Å². The van der Waals surface area contributed by atoms with Crippen LogP contribution >= 0.6 is 11.3 Å². The lowest BCUT2D eigenvalue weighted by molar-refractivity contribution is 1.18. The zero-order valence-electron chi connectivity index (χ0n) is 8.94. The highest BCUT2D eigenvalue weighted by atomic mass is 32.1. The van der Waals surface area contributed by atoms with Gasteiger partial charge < -0.3 is 0 Å². The molecule has 1 heteroatoms. The number of hydrogen-bond acceptors (Lipinski definition) is 1. The monoisotopic (exact) mass is 215 g/mol. The summed E-state index contributed by atoms with van der Waals surface area (Å²) < 4.78 is 0. The van der Waals surface area contributed by atoms with E-state index in [1.165, 1.54) is 15.3 Å². The lowest BCUT2D eigenvalue weighted by atomic mass is 10.1. The van der Waals surface area contributed by atoms with Crippen LogP contribution in [-0.4, -0.2) is 0 Å². The van der Waals surface area contributed by atoms with Crippen molar-refractivity contribution in [2.45, 2.75) is 19.8 Å². The van der Waals surface area contributed by atoms with Gasteiger partial charge in [-0.25, -0.2) is 0 Å². The molecule has 0 atom stereocenters. The molecule has 0 spiro atoms. The molecule has 0 aliphatic rings. The van der Waals surface area contributed by atoms with Gasteiger partial charge in [-0.15, -0.1) is 11.3 Å². The van der Waals surface area contributed by atoms with E-state index >= 15 is 0 Å². The van der Waals surface area contributed by atoms with Crippen LogP contribution in [0.1, 0.15) is 22.2 Å². The Morgan fingerprint density at radius 1 is 1.00 bits per heavy atom. The van der Waals surface area contributed by atoms with Crippen molar-refractivity contribution in [2.24, 2.45) is 0 Å². The van der Waals surface area contributed by atoms with Gasteiger partial charge in [0.25, 0.3) is 0 Å². The van der Waals surface area contributed by atoms with Crippen LogP contribution in [0.15, 0.2) is 42.5 Å². The van der Waals surface area contributed by atoms with E-state index in [2.05, 4.69) is 55.8 Å². The second kappa shape index (κ2) is 5.13. The summed E-state index contributed by atoms with van der Waals surface area (Å²) in [5.74, 6) is 0. The molecule has 2 aromatic rings. The Hall–Kier alpha value is -1.08. The Morgan fingerprint density at radius 3 is 2.47 bits per heavy atom. The van der Waals surface area contributed by atoms with Crippen LogP contribution in [0.4, 0.5) is 0 Å². The maximum absolute atomic E-state index is 2.25. The first-order valence-electron chi connectivity index (χ1n) is 5.28. The predicted molar refractivity (Wildman–Crippen MR) is 67.2 cm³/mol. The Balaban J connectivity index is 2.05. The molecule has 0 nitrogen and oxygen atoms in total. The van der Waals surface area contributed by atoms with E-state index in [1.54, 1.807) is 0 Å². The maximum Gasteiger partial charge on any atom is 0.00919 e. The highest BCUT2D eigenvalue weighted by molar-refractivity contribution is 7.12. The summed E-state index contributed by atoms with van der Waals surface area (Å²) in [6.45, 7) is 2.11. The van der Waals surface area contributed by atoms with E-state index in [-0.39, 0.29) is 0 Å². The highest BCUT2D eigenvalue weighted by Crippen LogP contribution is 2.20. The van der Waals surface area contributed by atoms with Crippen molar-refractivity contribution in [3.63, 3.8) is 0 Å². The van der Waals surface area contributed by atoms with Gasteiger partial charge in [0.05, 0.1) is 0 Å². The third-order valence-corrected chi connectivity index (χ3v) is 3.45. The van der Waals surface area contributed by atoms with Crippen LogP contribution in [0, 0.1) is 6.42 Å². The molecule has 1 aromatic heterocycles. The smallest absolute Gasteiger partial charge is 0.00919 e. The minimum atomic E-state index is 1.06. The van der Waals surface area contributed by atoms with Crippen LogP contribution in [-0.2, 0) is 12.8 Å². The van der Waals surface area contributed by atoms with Crippen molar-refractivity contribution in [3.05, 3.63) is 64.2 Å². The van der Waals surface area contributed by atoms with Crippen molar-refractivity contribution < 1.29 is 0 Å². The molecule has 0 saturated carbocycles. The van der Waals surface area contributed by atoms with Crippen LogP contribution < -0.4 is 0 Å². The molecule has 1 aromatic carbocycles. The lowest BCUT2D eigenvalue weighted by Gasteiger charge is -1.97. The van der Waals surface area contributed by atoms with Gasteiger partial charge in [0.15, 0.2) is 0 Å². The molecule has 1 heterocycles. The summed E-state index contributed by atoms with van der Waals surface area (Å²) in [6.07, 6.45) is 4.37. The second-order valence-corrected chi connectivity index (χ2v) is 4.90. The van der Waals surface area contributed by atoms with E-state index in [1.807, 2.05) is 11.3 Å². The van der Waals surface area contributed by atoms with E-state index in [4.69, 9.17) is 0 Å². The molecule has 0 bridgehead atoms. The van der Waals surface area contributed by atoms with Crippen molar-refractivity contribution in [1.82, 2.24) is 0 Å². The molecule has 15 heavy (non-hydrogen) atoms. The van der Waals surface area contributed by atoms with E-state index in [9.17, 15) is 0 Å². The van der Waals surface area contributed by atoms with Crippen LogP contribution in [0.3, 0.4) is 0 Å². The van der Waals surface area contributed by atoms with Gasteiger partial charge in [0.2, 0.25) is 0 Å². The fraction of sp³-hybridized carbons (Fsp3) is 0.214. The van der Waals surface area contributed by atoms with Gasteiger partial charge in [-0.05, 0) is 30.5 Å². The van der Waals surface area contributed by atoms with Gasteiger partial charge in [0, 0.05) is 16.2 Å². The molecule has 0 aliphatic heterocycles. The van der Waals surface area contributed by atoms with Crippen LogP contribution in [0.25, 0.3) is 0 Å². The maximum atomic E-state index is 2.25. The largest absolute Gasteiger partial charge is 0.145 e. The summed E-state index contributed by atoms with van der Waals surface area (Å²) in [5.41, 5.74) is 1.39. The lowest BCUT2D eigenvalue weighted by Crippen LogP contribution is -1.82. The van der Waals surface area contributed by atoms with E-state index in [0.717, 1.165) is 12.8 Å². The quantitative estimate of drug-likeness (QED) is 0.720. The summed E-state index contributed by atoms with van der Waals surface area (Å²) in [5, 5.41) is 0. The van der Waals surface area contributed by atoms with Gasteiger partial charge in [-0.3, -0.25) is 0 Å². The molecule has 0 saturated heterocycles. The first-order valence-corrected chi connectivity index (χ1v) is 6.09. The molecule has 1 radical (unpaired) electrons. The molecule has 77 valence electrons. The Morgan fingerprint density at radius 2 is 1.73 bits per heavy atom. The zero-order valence-corrected chi connectivity index (χ0v) is 9.76. The van der Waals surface area contributed by atoms with Crippen molar-refractivity contribution in [3.8, 4) is 0 Å². The first kappa shape index (κ1) is 10.4. The summed E-state index contributed by atoms with van der Waals surface area (Å²) in [7, 11) is 0.